The number of nitro groups is 1. The monoisotopic (exact) mass is 287 g/mol. The van der Waals surface area contributed by atoms with Gasteiger partial charge in [0.05, 0.1) is 4.92 Å². The van der Waals surface area contributed by atoms with E-state index < -0.39 is 4.92 Å². The summed E-state index contributed by atoms with van der Waals surface area (Å²) in [6, 6.07) is 13.2. The summed E-state index contributed by atoms with van der Waals surface area (Å²) in [7, 11) is 0. The van der Waals surface area contributed by atoms with Crippen LogP contribution in [0.15, 0.2) is 54.6 Å². The van der Waals surface area contributed by atoms with Gasteiger partial charge in [0.1, 0.15) is 5.02 Å². The topological polar surface area (TPSA) is 60.2 Å². The van der Waals surface area contributed by atoms with E-state index in [9.17, 15) is 14.9 Å². The van der Waals surface area contributed by atoms with Gasteiger partial charge in [-0.3, -0.25) is 14.9 Å². The van der Waals surface area contributed by atoms with E-state index in [1.165, 1.54) is 24.3 Å². The summed E-state index contributed by atoms with van der Waals surface area (Å²) in [5.74, 6) is -0.164. The first kappa shape index (κ1) is 14.0. The van der Waals surface area contributed by atoms with Gasteiger partial charge < -0.3 is 0 Å². The van der Waals surface area contributed by atoms with Gasteiger partial charge >= 0.3 is 0 Å². The summed E-state index contributed by atoms with van der Waals surface area (Å²) in [5, 5.41) is 10.8. The molecular weight excluding hydrogens is 278 g/mol. The number of rotatable bonds is 4. The minimum absolute atomic E-state index is 0.0709. The molecule has 100 valence electrons. The van der Waals surface area contributed by atoms with Crippen LogP contribution < -0.4 is 0 Å². The molecule has 20 heavy (non-hydrogen) atoms. The molecule has 0 radical (unpaired) electrons. The van der Waals surface area contributed by atoms with Gasteiger partial charge in [0.2, 0.25) is 0 Å². The molecule has 0 saturated heterocycles. The molecule has 4 nitrogen and oxygen atoms in total. The number of allylic oxidation sites excluding steroid dienone is 1. The molecule has 0 heterocycles. The molecule has 0 aliphatic rings. The Morgan fingerprint density at radius 3 is 2.50 bits per heavy atom. The van der Waals surface area contributed by atoms with Gasteiger partial charge in [0.15, 0.2) is 5.78 Å². The lowest BCUT2D eigenvalue weighted by molar-refractivity contribution is -0.384. The van der Waals surface area contributed by atoms with Crippen LogP contribution in [0.4, 0.5) is 5.69 Å². The lowest BCUT2D eigenvalue weighted by Crippen LogP contribution is -1.93. The van der Waals surface area contributed by atoms with E-state index in [0.29, 0.717) is 11.1 Å². The first-order valence-electron chi connectivity index (χ1n) is 5.79. The average molecular weight is 288 g/mol. The molecule has 5 heteroatoms. The number of ketones is 1. The van der Waals surface area contributed by atoms with E-state index in [-0.39, 0.29) is 16.5 Å². The number of hydrogen-bond donors (Lipinski definition) is 0. The van der Waals surface area contributed by atoms with Crippen molar-refractivity contribution in [3.63, 3.8) is 0 Å². The number of carbonyl (C=O) groups is 1. The van der Waals surface area contributed by atoms with E-state index in [0.717, 1.165) is 0 Å². The van der Waals surface area contributed by atoms with Gasteiger partial charge in [-0.15, -0.1) is 0 Å². The molecule has 0 fully saturated rings. The van der Waals surface area contributed by atoms with Crippen LogP contribution >= 0.6 is 11.6 Å². The van der Waals surface area contributed by atoms with Gasteiger partial charge in [-0.1, -0.05) is 54.1 Å². The Hall–Kier alpha value is -2.46. The van der Waals surface area contributed by atoms with Gasteiger partial charge in [-0.25, -0.2) is 0 Å². The number of hydrogen-bond acceptors (Lipinski definition) is 3. The minimum atomic E-state index is -0.557. The van der Waals surface area contributed by atoms with E-state index in [2.05, 4.69) is 0 Å². The molecule has 2 aromatic rings. The highest BCUT2D eigenvalue weighted by Gasteiger charge is 2.11. The van der Waals surface area contributed by atoms with Crippen LogP contribution in [-0.2, 0) is 0 Å². The molecule has 0 bridgehead atoms. The van der Waals surface area contributed by atoms with Crippen molar-refractivity contribution < 1.29 is 9.72 Å². The molecule has 2 aromatic carbocycles. The third-order valence-electron chi connectivity index (χ3n) is 2.65. The first-order chi connectivity index (χ1) is 9.58. The van der Waals surface area contributed by atoms with Crippen molar-refractivity contribution in [3.05, 3.63) is 80.9 Å². The van der Waals surface area contributed by atoms with Crippen molar-refractivity contribution in [3.8, 4) is 0 Å². The molecule has 0 spiro atoms. The maximum Gasteiger partial charge on any atom is 0.288 e. The summed E-state index contributed by atoms with van der Waals surface area (Å²) in [4.78, 5) is 22.1. The molecule has 0 aromatic heterocycles. The predicted molar refractivity (Wildman–Crippen MR) is 77.9 cm³/mol. The third kappa shape index (κ3) is 3.30. The number of nitrogens with zero attached hydrogens (tertiary/aromatic N) is 1. The molecule has 0 aliphatic carbocycles. The molecule has 0 saturated carbocycles. The summed E-state index contributed by atoms with van der Waals surface area (Å²) in [6.07, 6.45) is 2.90. The smallest absolute Gasteiger partial charge is 0.288 e. The fraction of sp³-hybridized carbons (Fsp3) is 0. The van der Waals surface area contributed by atoms with Crippen LogP contribution in [0.3, 0.4) is 0 Å². The summed E-state index contributed by atoms with van der Waals surface area (Å²) in [5.41, 5.74) is 0.929. The van der Waals surface area contributed by atoms with Crippen molar-refractivity contribution >= 4 is 29.1 Å². The number of nitro benzene ring substituents is 1. The van der Waals surface area contributed by atoms with Gasteiger partial charge in [0.25, 0.3) is 5.69 Å². The van der Waals surface area contributed by atoms with Crippen LogP contribution in [0.5, 0.6) is 0 Å². The molecule has 0 atom stereocenters. The highest BCUT2D eigenvalue weighted by Crippen LogP contribution is 2.25. The van der Waals surface area contributed by atoms with Gasteiger partial charge in [-0.2, -0.15) is 0 Å². The minimum Gasteiger partial charge on any atom is -0.289 e. The number of halogens is 1. The average Bonchev–Trinajstić information content (AvgIpc) is 2.46. The zero-order valence-corrected chi connectivity index (χ0v) is 11.1. The van der Waals surface area contributed by atoms with Crippen molar-refractivity contribution in [2.24, 2.45) is 0 Å². The summed E-state index contributed by atoms with van der Waals surface area (Å²) < 4.78 is 0. The number of benzene rings is 2. The van der Waals surface area contributed by atoms with Crippen molar-refractivity contribution in [1.29, 1.82) is 0 Å². The Labute approximate surface area is 120 Å². The van der Waals surface area contributed by atoms with Crippen molar-refractivity contribution in [1.82, 2.24) is 0 Å². The Morgan fingerprint density at radius 2 is 1.85 bits per heavy atom. The first-order valence-corrected chi connectivity index (χ1v) is 6.17. The normalized spacial score (nSPS) is 10.7. The quantitative estimate of drug-likeness (QED) is 0.367. The summed E-state index contributed by atoms with van der Waals surface area (Å²) in [6.45, 7) is 0. The highest BCUT2D eigenvalue weighted by atomic mass is 35.5. The lowest BCUT2D eigenvalue weighted by Gasteiger charge is -1.98. The van der Waals surface area contributed by atoms with E-state index in [1.807, 2.05) is 6.07 Å². The second kappa shape index (κ2) is 6.12. The largest absolute Gasteiger partial charge is 0.289 e. The zero-order valence-electron chi connectivity index (χ0n) is 10.3. The maximum atomic E-state index is 11.9. The Balaban J connectivity index is 2.22. The Bertz CT molecular complexity index is 681. The second-order valence-corrected chi connectivity index (χ2v) is 4.44. The maximum absolute atomic E-state index is 11.9. The lowest BCUT2D eigenvalue weighted by atomic mass is 10.1. The van der Waals surface area contributed by atoms with E-state index in [4.69, 9.17) is 11.6 Å². The summed E-state index contributed by atoms with van der Waals surface area (Å²) >= 11 is 5.72. The van der Waals surface area contributed by atoms with Crippen LogP contribution in [-0.4, -0.2) is 10.7 Å². The highest BCUT2D eigenvalue weighted by molar-refractivity contribution is 6.32. The van der Waals surface area contributed by atoms with Crippen LogP contribution in [0.1, 0.15) is 15.9 Å². The Kier molecular flexibility index (Phi) is 4.27. The molecule has 2 rings (SSSR count). The van der Waals surface area contributed by atoms with Crippen molar-refractivity contribution in [2.45, 2.75) is 0 Å². The molecule has 0 aliphatic heterocycles. The number of carbonyl (C=O) groups excluding carboxylic acids is 1. The fourth-order valence-corrected chi connectivity index (χ4v) is 1.83. The predicted octanol–water partition coefficient (Wildman–Crippen LogP) is 4.14. The standard InChI is InChI=1S/C15H10ClNO3/c16-13-8-6-11(10-14(13)17(19)20)7-9-15(18)12-4-2-1-3-5-12/h1-10H. The SMILES string of the molecule is O=C(C=Cc1ccc(Cl)c([N+](=O)[O-])c1)c1ccccc1. The van der Waals surface area contributed by atoms with Gasteiger partial charge in [0, 0.05) is 11.6 Å². The Morgan fingerprint density at radius 1 is 1.15 bits per heavy atom. The second-order valence-electron chi connectivity index (χ2n) is 4.03. The van der Waals surface area contributed by atoms with Crippen LogP contribution in [0.2, 0.25) is 5.02 Å². The van der Waals surface area contributed by atoms with Crippen molar-refractivity contribution in [2.75, 3.05) is 0 Å². The van der Waals surface area contributed by atoms with Crippen LogP contribution in [0, 0.1) is 10.1 Å². The van der Waals surface area contributed by atoms with E-state index in [1.54, 1.807) is 30.3 Å². The fourth-order valence-electron chi connectivity index (χ4n) is 1.64. The van der Waals surface area contributed by atoms with E-state index >= 15 is 0 Å². The molecule has 0 unspecified atom stereocenters. The molecular formula is C15H10ClNO3. The zero-order chi connectivity index (χ0) is 14.5. The van der Waals surface area contributed by atoms with Crippen LogP contribution in [0.25, 0.3) is 6.08 Å². The molecule has 0 N–H and O–H groups in total. The molecule has 0 amide bonds. The third-order valence-corrected chi connectivity index (χ3v) is 2.97. The van der Waals surface area contributed by atoms with Gasteiger partial charge in [-0.05, 0) is 17.7 Å².